The van der Waals surface area contributed by atoms with Gasteiger partial charge in [-0.25, -0.2) is 4.98 Å². The predicted molar refractivity (Wildman–Crippen MR) is 77.1 cm³/mol. The summed E-state index contributed by atoms with van der Waals surface area (Å²) in [5, 5.41) is 0. The quantitative estimate of drug-likeness (QED) is 0.885. The molecule has 3 N–H and O–H groups in total. The molecule has 0 fully saturated rings. The first-order chi connectivity index (χ1) is 8.76. The van der Waals surface area contributed by atoms with Crippen molar-refractivity contribution >= 4 is 22.6 Å². The van der Waals surface area contributed by atoms with E-state index in [1.165, 1.54) is 0 Å². The lowest BCUT2D eigenvalue weighted by molar-refractivity contribution is -0.119. The van der Waals surface area contributed by atoms with Crippen molar-refractivity contribution < 1.29 is 4.79 Å². The van der Waals surface area contributed by atoms with Gasteiger partial charge < -0.3 is 15.6 Å². The number of benzene rings is 1. The van der Waals surface area contributed by atoms with Crippen LogP contribution in [-0.4, -0.2) is 28.5 Å². The van der Waals surface area contributed by atoms with Crippen LogP contribution in [0.4, 0.5) is 5.69 Å². The van der Waals surface area contributed by atoms with E-state index in [2.05, 4.69) is 9.97 Å². The van der Waals surface area contributed by atoms with Gasteiger partial charge in [0, 0.05) is 24.7 Å². The van der Waals surface area contributed by atoms with Crippen LogP contribution >= 0.6 is 0 Å². The summed E-state index contributed by atoms with van der Waals surface area (Å²) in [5.41, 5.74) is 8.06. The van der Waals surface area contributed by atoms with E-state index in [9.17, 15) is 4.79 Å². The largest absolute Gasteiger partial charge is 0.342 e. The van der Waals surface area contributed by atoms with E-state index in [4.69, 9.17) is 5.73 Å². The monoisotopic (exact) mass is 260 g/mol. The van der Waals surface area contributed by atoms with Crippen LogP contribution in [0, 0.1) is 6.92 Å². The summed E-state index contributed by atoms with van der Waals surface area (Å²) in [7, 11) is 1.76. The maximum Gasteiger partial charge on any atom is 0.228 e. The number of carbonyl (C=O) groups excluding carboxylic acids is 1. The van der Waals surface area contributed by atoms with Crippen molar-refractivity contribution in [3.63, 3.8) is 0 Å². The molecule has 102 valence electrons. The van der Waals surface area contributed by atoms with Gasteiger partial charge >= 0.3 is 0 Å². The van der Waals surface area contributed by atoms with Gasteiger partial charge in [0.1, 0.15) is 5.82 Å². The number of aryl methyl sites for hydroxylation is 1. The number of nitrogens with two attached hydrogens (primary N) is 1. The topological polar surface area (TPSA) is 75.0 Å². The lowest BCUT2D eigenvalue weighted by atomic mass is 10.0. The van der Waals surface area contributed by atoms with E-state index in [0.717, 1.165) is 22.5 Å². The molecule has 2 rings (SSSR count). The molecule has 0 atom stereocenters. The molecular formula is C14H20N4O. The molecule has 2 aromatic rings. The van der Waals surface area contributed by atoms with Crippen LogP contribution in [0.15, 0.2) is 18.2 Å². The maximum absolute atomic E-state index is 12.1. The molecule has 5 nitrogen and oxygen atoms in total. The van der Waals surface area contributed by atoms with Gasteiger partial charge in [-0.1, -0.05) is 0 Å². The number of H-pyrrole nitrogens is 1. The number of hydrogen-bond acceptors (Lipinski definition) is 3. The van der Waals surface area contributed by atoms with Crippen LogP contribution in [-0.2, 0) is 4.79 Å². The predicted octanol–water partition coefficient (Wildman–Crippen LogP) is 1.96. The number of anilines is 1. The third kappa shape index (κ3) is 3.12. The number of carbonyl (C=O) groups is 1. The first-order valence-corrected chi connectivity index (χ1v) is 6.28. The number of aromatic amines is 1. The minimum absolute atomic E-state index is 0.00286. The number of amides is 1. The molecule has 0 bridgehead atoms. The van der Waals surface area contributed by atoms with Crippen LogP contribution in [0.3, 0.4) is 0 Å². The average Bonchev–Trinajstić information content (AvgIpc) is 2.64. The normalized spacial score (nSPS) is 11.8. The SMILES string of the molecule is Cc1nc2ccc(N(C)C(=O)CC(C)(C)N)cc2[nH]1. The minimum atomic E-state index is -0.500. The Labute approximate surface area is 112 Å². The molecule has 0 radical (unpaired) electrons. The standard InChI is InChI=1S/C14H20N4O/c1-9-16-11-6-5-10(7-12(11)17-9)18(4)13(19)8-14(2,3)15/h5-7H,8,15H2,1-4H3,(H,16,17). The fourth-order valence-corrected chi connectivity index (χ4v) is 1.99. The van der Waals surface area contributed by atoms with Gasteiger partial charge in [-0.05, 0) is 39.0 Å². The highest BCUT2D eigenvalue weighted by Gasteiger charge is 2.20. The molecule has 0 aliphatic rings. The minimum Gasteiger partial charge on any atom is -0.342 e. The molecule has 1 heterocycles. The number of fused-ring (bicyclic) bond motifs is 1. The summed E-state index contributed by atoms with van der Waals surface area (Å²) >= 11 is 0. The Morgan fingerprint density at radius 3 is 2.79 bits per heavy atom. The highest BCUT2D eigenvalue weighted by molar-refractivity contribution is 5.95. The Hall–Kier alpha value is -1.88. The lowest BCUT2D eigenvalue weighted by Gasteiger charge is -2.23. The van der Waals surface area contributed by atoms with Crippen LogP contribution in [0.2, 0.25) is 0 Å². The molecule has 19 heavy (non-hydrogen) atoms. The van der Waals surface area contributed by atoms with E-state index in [1.54, 1.807) is 11.9 Å². The molecule has 0 aliphatic carbocycles. The zero-order valence-corrected chi connectivity index (χ0v) is 11.8. The van der Waals surface area contributed by atoms with Gasteiger partial charge in [0.05, 0.1) is 11.0 Å². The number of nitrogens with one attached hydrogen (secondary N) is 1. The van der Waals surface area contributed by atoms with Crippen molar-refractivity contribution in [1.82, 2.24) is 9.97 Å². The molecule has 0 aliphatic heterocycles. The van der Waals surface area contributed by atoms with Gasteiger partial charge in [-0.2, -0.15) is 0 Å². The summed E-state index contributed by atoms with van der Waals surface area (Å²) in [6.45, 7) is 5.60. The third-order valence-corrected chi connectivity index (χ3v) is 2.95. The average molecular weight is 260 g/mol. The summed E-state index contributed by atoms with van der Waals surface area (Å²) < 4.78 is 0. The van der Waals surface area contributed by atoms with E-state index >= 15 is 0 Å². The second-order valence-electron chi connectivity index (χ2n) is 5.64. The molecule has 1 aromatic heterocycles. The molecule has 0 unspecified atom stereocenters. The van der Waals surface area contributed by atoms with Gasteiger partial charge in [0.2, 0.25) is 5.91 Å². The zero-order chi connectivity index (χ0) is 14.2. The van der Waals surface area contributed by atoms with Crippen LogP contribution in [0.5, 0.6) is 0 Å². The van der Waals surface area contributed by atoms with Crippen LogP contribution in [0.1, 0.15) is 26.1 Å². The lowest BCUT2D eigenvalue weighted by Crippen LogP contribution is -2.39. The van der Waals surface area contributed by atoms with E-state index in [1.807, 2.05) is 39.0 Å². The van der Waals surface area contributed by atoms with E-state index < -0.39 is 5.54 Å². The molecule has 0 spiro atoms. The van der Waals surface area contributed by atoms with Gasteiger partial charge in [0.25, 0.3) is 0 Å². The first kappa shape index (κ1) is 13.5. The summed E-state index contributed by atoms with van der Waals surface area (Å²) in [4.78, 5) is 21.3. The number of aromatic nitrogens is 2. The molecule has 1 aromatic carbocycles. The van der Waals surface area contributed by atoms with Crippen molar-refractivity contribution in [2.75, 3.05) is 11.9 Å². The Kier molecular flexibility index (Phi) is 3.32. The van der Waals surface area contributed by atoms with Crippen molar-refractivity contribution in [2.45, 2.75) is 32.7 Å². The van der Waals surface area contributed by atoms with Gasteiger partial charge in [-0.3, -0.25) is 4.79 Å². The zero-order valence-electron chi connectivity index (χ0n) is 11.8. The first-order valence-electron chi connectivity index (χ1n) is 6.28. The second kappa shape index (κ2) is 4.66. The van der Waals surface area contributed by atoms with E-state index in [0.29, 0.717) is 6.42 Å². The van der Waals surface area contributed by atoms with Crippen molar-refractivity contribution in [3.05, 3.63) is 24.0 Å². The van der Waals surface area contributed by atoms with E-state index in [-0.39, 0.29) is 5.91 Å². The smallest absolute Gasteiger partial charge is 0.228 e. The Bertz CT molecular complexity index is 609. The summed E-state index contributed by atoms with van der Waals surface area (Å²) in [6, 6.07) is 5.73. The van der Waals surface area contributed by atoms with Crippen molar-refractivity contribution in [3.8, 4) is 0 Å². The Morgan fingerprint density at radius 2 is 2.16 bits per heavy atom. The maximum atomic E-state index is 12.1. The van der Waals surface area contributed by atoms with Crippen LogP contribution in [0.25, 0.3) is 11.0 Å². The highest BCUT2D eigenvalue weighted by atomic mass is 16.2. The number of rotatable bonds is 3. The Balaban J connectivity index is 2.25. The van der Waals surface area contributed by atoms with Crippen molar-refractivity contribution in [1.29, 1.82) is 0 Å². The molecule has 1 amide bonds. The highest BCUT2D eigenvalue weighted by Crippen LogP contribution is 2.21. The summed E-state index contributed by atoms with van der Waals surface area (Å²) in [5.74, 6) is 0.868. The molecule has 0 saturated carbocycles. The summed E-state index contributed by atoms with van der Waals surface area (Å²) in [6.07, 6.45) is 0.309. The molecule has 5 heteroatoms. The number of hydrogen-bond donors (Lipinski definition) is 2. The number of nitrogens with zero attached hydrogens (tertiary/aromatic N) is 2. The van der Waals surface area contributed by atoms with Crippen molar-refractivity contribution in [2.24, 2.45) is 5.73 Å². The fourth-order valence-electron chi connectivity index (χ4n) is 1.99. The molecule has 0 saturated heterocycles. The fraction of sp³-hybridized carbons (Fsp3) is 0.429. The second-order valence-corrected chi connectivity index (χ2v) is 5.64. The Morgan fingerprint density at radius 1 is 1.47 bits per heavy atom. The van der Waals surface area contributed by atoms with Gasteiger partial charge in [0.15, 0.2) is 0 Å². The third-order valence-electron chi connectivity index (χ3n) is 2.95. The number of imidazole rings is 1. The molecular weight excluding hydrogens is 240 g/mol. The van der Waals surface area contributed by atoms with Crippen LogP contribution < -0.4 is 10.6 Å². The van der Waals surface area contributed by atoms with Gasteiger partial charge in [-0.15, -0.1) is 0 Å².